The molecule has 1 N–H and O–H groups in total. The van der Waals surface area contributed by atoms with Crippen LogP contribution < -0.4 is 0 Å². The Kier molecular flexibility index (Phi) is 11.3. The summed E-state index contributed by atoms with van der Waals surface area (Å²) >= 11 is 0. The van der Waals surface area contributed by atoms with E-state index >= 15 is 0 Å². The summed E-state index contributed by atoms with van der Waals surface area (Å²) in [6.07, 6.45) is 5.63. The lowest BCUT2D eigenvalue weighted by Gasteiger charge is -1.80. The van der Waals surface area contributed by atoms with Gasteiger partial charge in [-0.1, -0.05) is 19.7 Å². The molecule has 1 aliphatic rings. The summed E-state index contributed by atoms with van der Waals surface area (Å²) in [5.41, 5.74) is 0. The van der Waals surface area contributed by atoms with E-state index in [1.54, 1.807) is 0 Å². The van der Waals surface area contributed by atoms with Crippen LogP contribution in [-0.2, 0) is 23.9 Å². The van der Waals surface area contributed by atoms with Crippen molar-refractivity contribution in [3.63, 3.8) is 0 Å². The van der Waals surface area contributed by atoms with Crippen molar-refractivity contribution in [1.29, 1.82) is 0 Å². The van der Waals surface area contributed by atoms with Gasteiger partial charge in [0.25, 0.3) is 0 Å². The maximum atomic E-state index is 9.92. The van der Waals surface area contributed by atoms with E-state index in [4.69, 9.17) is 5.11 Å². The number of esters is 2. The Bertz CT molecular complexity index is 318. The molecule has 1 rings (SSSR count). The molecular formula is C11H12O6. The van der Waals surface area contributed by atoms with E-state index in [2.05, 4.69) is 29.2 Å². The predicted octanol–water partition coefficient (Wildman–Crippen LogP) is 1.17. The van der Waals surface area contributed by atoms with E-state index in [9.17, 15) is 14.4 Å². The second-order valence-corrected chi connectivity index (χ2v) is 2.09. The third-order valence-corrected chi connectivity index (χ3v) is 0.924. The molecule has 6 nitrogen and oxygen atoms in total. The van der Waals surface area contributed by atoms with E-state index in [1.807, 2.05) is 0 Å². The number of rotatable bonds is 3. The van der Waals surface area contributed by atoms with E-state index in [-0.39, 0.29) is 0 Å². The summed E-state index contributed by atoms with van der Waals surface area (Å²) in [4.78, 5) is 29.1. The van der Waals surface area contributed by atoms with E-state index in [0.29, 0.717) is 0 Å². The highest BCUT2D eigenvalue weighted by atomic mass is 16.6. The molecule has 17 heavy (non-hydrogen) atoms. The summed E-state index contributed by atoms with van der Waals surface area (Å²) in [5, 5.41) is 7.60. The van der Waals surface area contributed by atoms with Gasteiger partial charge in [-0.05, 0) is 0 Å². The normalized spacial score (nSPS) is 10.8. The molecule has 0 aromatic carbocycles. The number of hydrogen-bond acceptors (Lipinski definition) is 5. The van der Waals surface area contributed by atoms with Gasteiger partial charge in [0.05, 0.1) is 12.5 Å². The van der Waals surface area contributed by atoms with Crippen LogP contribution in [-0.4, -0.2) is 23.0 Å². The number of cyclic esters (lactones) is 2. The average molecular weight is 240 g/mol. The molecule has 0 bridgehead atoms. The maximum Gasteiger partial charge on any atom is 0.338 e. The first-order valence-corrected chi connectivity index (χ1v) is 4.14. The number of ether oxygens (including phenoxy) is 2. The van der Waals surface area contributed by atoms with E-state index < -0.39 is 17.9 Å². The fraction of sp³-hybridized carbons (Fsp3) is 0. The van der Waals surface area contributed by atoms with Gasteiger partial charge in [-0.15, -0.1) is 0 Å². The lowest BCUT2D eigenvalue weighted by Crippen LogP contribution is -1.96. The lowest BCUT2D eigenvalue weighted by molar-refractivity contribution is -0.150. The Morgan fingerprint density at radius 2 is 1.53 bits per heavy atom. The van der Waals surface area contributed by atoms with Crippen molar-refractivity contribution < 1.29 is 29.0 Å². The van der Waals surface area contributed by atoms with Crippen molar-refractivity contribution in [2.24, 2.45) is 0 Å². The number of aliphatic carboxylic acids is 1. The molecular weight excluding hydrogens is 228 g/mol. The van der Waals surface area contributed by atoms with Crippen LogP contribution in [0.15, 0.2) is 50.5 Å². The van der Waals surface area contributed by atoms with Gasteiger partial charge in [0.15, 0.2) is 0 Å². The Morgan fingerprint density at radius 1 is 1.18 bits per heavy atom. The average Bonchev–Trinajstić information content (AvgIpc) is 2.65. The number of carboxylic acid groups (broad SMARTS) is 1. The molecule has 0 amide bonds. The standard InChI is InChI=1S/C4H2O3.C4H6O.C3H4O2/c5-3-1-2-4(6)7-3;1-3-5-4-2;1-2-3(4)5/h1-2H;3-4H,1-2H2;2H,1H2,(H,4,5). The van der Waals surface area contributed by atoms with Crippen LogP contribution in [0.4, 0.5) is 0 Å². The second kappa shape index (κ2) is 11.4. The van der Waals surface area contributed by atoms with E-state index in [0.717, 1.165) is 18.2 Å². The first-order chi connectivity index (χ1) is 7.97. The zero-order chi connectivity index (χ0) is 13.7. The smallest absolute Gasteiger partial charge is 0.338 e. The summed E-state index contributed by atoms with van der Waals surface area (Å²) in [5.74, 6) is -2.14. The summed E-state index contributed by atoms with van der Waals surface area (Å²) < 4.78 is 8.33. The highest BCUT2D eigenvalue weighted by molar-refractivity contribution is 6.04. The quantitative estimate of drug-likeness (QED) is 0.344. The molecule has 0 aliphatic carbocycles. The van der Waals surface area contributed by atoms with Crippen LogP contribution in [0.1, 0.15) is 0 Å². The minimum Gasteiger partial charge on any atom is -0.478 e. The minimum atomic E-state index is -0.981. The number of carboxylic acids is 1. The highest BCUT2D eigenvalue weighted by Crippen LogP contribution is 1.92. The van der Waals surface area contributed by atoms with Gasteiger partial charge in [0.1, 0.15) is 0 Å². The van der Waals surface area contributed by atoms with Crippen LogP contribution in [0.25, 0.3) is 0 Å². The molecule has 6 heteroatoms. The predicted molar refractivity (Wildman–Crippen MR) is 59.6 cm³/mol. The third-order valence-electron chi connectivity index (χ3n) is 0.924. The maximum absolute atomic E-state index is 9.92. The highest BCUT2D eigenvalue weighted by Gasteiger charge is 2.10. The Hall–Kier alpha value is -2.63. The van der Waals surface area contributed by atoms with Crippen molar-refractivity contribution in [2.75, 3.05) is 0 Å². The summed E-state index contributed by atoms with van der Waals surface area (Å²) in [6, 6.07) is 0. The third kappa shape index (κ3) is 16.1. The Morgan fingerprint density at radius 3 is 1.59 bits per heavy atom. The molecule has 92 valence electrons. The minimum absolute atomic E-state index is 0.579. The molecule has 0 saturated carbocycles. The molecule has 0 atom stereocenters. The fourth-order valence-electron chi connectivity index (χ4n) is 0.371. The van der Waals surface area contributed by atoms with Gasteiger partial charge in [0, 0.05) is 18.2 Å². The Balaban J connectivity index is 0. The van der Waals surface area contributed by atoms with Crippen LogP contribution in [0.2, 0.25) is 0 Å². The Labute approximate surface area is 98.1 Å². The van der Waals surface area contributed by atoms with Crippen molar-refractivity contribution in [2.45, 2.75) is 0 Å². The van der Waals surface area contributed by atoms with Crippen LogP contribution in [0, 0.1) is 0 Å². The molecule has 0 fully saturated rings. The molecule has 0 aromatic heterocycles. The van der Waals surface area contributed by atoms with Crippen molar-refractivity contribution in [3.8, 4) is 0 Å². The molecule has 0 aromatic rings. The second-order valence-electron chi connectivity index (χ2n) is 2.09. The van der Waals surface area contributed by atoms with Crippen LogP contribution in [0.3, 0.4) is 0 Å². The largest absolute Gasteiger partial charge is 0.478 e. The van der Waals surface area contributed by atoms with Gasteiger partial charge >= 0.3 is 17.9 Å². The van der Waals surface area contributed by atoms with E-state index in [1.165, 1.54) is 12.5 Å². The molecule has 0 radical (unpaired) electrons. The molecule has 1 heterocycles. The zero-order valence-electron chi connectivity index (χ0n) is 9.00. The number of carbonyl (C=O) groups excluding carboxylic acids is 2. The number of carbonyl (C=O) groups is 3. The zero-order valence-corrected chi connectivity index (χ0v) is 9.00. The van der Waals surface area contributed by atoms with Crippen molar-refractivity contribution >= 4 is 17.9 Å². The van der Waals surface area contributed by atoms with Crippen LogP contribution >= 0.6 is 0 Å². The molecule has 1 aliphatic heterocycles. The summed E-state index contributed by atoms with van der Waals surface area (Å²) in [7, 11) is 0. The van der Waals surface area contributed by atoms with Gasteiger partial charge in [0.2, 0.25) is 0 Å². The first-order valence-electron chi connectivity index (χ1n) is 4.14. The molecule has 0 spiro atoms. The fourth-order valence-corrected chi connectivity index (χ4v) is 0.371. The van der Waals surface area contributed by atoms with Gasteiger partial charge in [-0.2, -0.15) is 0 Å². The van der Waals surface area contributed by atoms with Crippen molar-refractivity contribution in [3.05, 3.63) is 50.5 Å². The van der Waals surface area contributed by atoms with Gasteiger partial charge in [-0.3, -0.25) is 0 Å². The topological polar surface area (TPSA) is 89.9 Å². The number of hydrogen-bond donors (Lipinski definition) is 1. The summed E-state index contributed by atoms with van der Waals surface area (Å²) in [6.45, 7) is 9.47. The SMILES string of the molecule is C=CC(=O)O.C=COC=C.O=C1C=CC(=O)O1. The molecule has 0 unspecified atom stereocenters. The molecule has 0 saturated heterocycles. The van der Waals surface area contributed by atoms with Gasteiger partial charge < -0.3 is 14.6 Å². The van der Waals surface area contributed by atoms with Crippen LogP contribution in [0.5, 0.6) is 0 Å². The monoisotopic (exact) mass is 240 g/mol. The van der Waals surface area contributed by atoms with Crippen molar-refractivity contribution in [1.82, 2.24) is 0 Å². The lowest BCUT2D eigenvalue weighted by atomic mass is 10.6. The first kappa shape index (κ1) is 16.8. The van der Waals surface area contributed by atoms with Gasteiger partial charge in [-0.25, -0.2) is 14.4 Å².